The Labute approximate surface area is 288 Å². The van der Waals surface area contributed by atoms with Gasteiger partial charge in [-0.05, 0) is 49.6 Å². The maximum Gasteiger partial charge on any atom is 0.319 e. The smallest absolute Gasteiger partial charge is 0.319 e. The number of rotatable bonds is 7. The van der Waals surface area contributed by atoms with Crippen LogP contribution in [0.15, 0.2) is 49.2 Å². The van der Waals surface area contributed by atoms with Crippen LogP contribution in [0.1, 0.15) is 38.7 Å². The van der Waals surface area contributed by atoms with Crippen molar-refractivity contribution in [3.63, 3.8) is 0 Å². The molecular weight excluding hydrogens is 645 g/mol. The number of alkyl halides is 1. The number of halogens is 3. The molecule has 12 heteroatoms. The van der Waals surface area contributed by atoms with Crippen molar-refractivity contribution < 1.29 is 27.5 Å². The molecule has 0 bridgehead atoms. The molecule has 2 amide bonds. The highest BCUT2D eigenvalue weighted by Gasteiger charge is 2.54. The first-order valence-electron chi connectivity index (χ1n) is 16.7. The number of terminal acetylenes is 1. The number of pyridine rings is 1. The monoisotopic (exact) mass is 682 g/mol. The van der Waals surface area contributed by atoms with Crippen LogP contribution in [0, 0.1) is 35.3 Å². The van der Waals surface area contributed by atoms with Crippen molar-refractivity contribution in [2.45, 2.75) is 51.4 Å². The highest BCUT2D eigenvalue weighted by molar-refractivity contribution is 6.02. The van der Waals surface area contributed by atoms with Crippen LogP contribution >= 0.6 is 0 Å². The predicted octanol–water partition coefficient (Wildman–Crippen LogP) is 5.69. The molecule has 2 aliphatic heterocycles. The predicted molar refractivity (Wildman–Crippen MR) is 184 cm³/mol. The number of nitrogens with zero attached hydrogens (tertiary/aromatic N) is 6. The minimum absolute atomic E-state index is 0.00640. The third-order valence-corrected chi connectivity index (χ3v) is 11.0. The van der Waals surface area contributed by atoms with Gasteiger partial charge in [-0.1, -0.05) is 36.8 Å². The summed E-state index contributed by atoms with van der Waals surface area (Å²) in [7, 11) is 1.81. The maximum absolute atomic E-state index is 16.9. The Hall–Kier alpha value is -5.18. The lowest BCUT2D eigenvalue weighted by Gasteiger charge is -2.32. The van der Waals surface area contributed by atoms with E-state index in [9.17, 15) is 18.4 Å². The summed E-state index contributed by atoms with van der Waals surface area (Å²) >= 11 is 0. The molecular formula is C38H37F3N6O3. The zero-order valence-electron chi connectivity index (χ0n) is 28.1. The molecule has 0 N–H and O–H groups in total. The van der Waals surface area contributed by atoms with Crippen molar-refractivity contribution in [1.29, 1.82) is 0 Å². The lowest BCUT2D eigenvalue weighted by molar-refractivity contribution is -0.128. The van der Waals surface area contributed by atoms with Crippen LogP contribution in [0.2, 0.25) is 0 Å². The number of benzene rings is 2. The van der Waals surface area contributed by atoms with E-state index < -0.39 is 23.2 Å². The number of hydrogen-bond acceptors (Lipinski definition) is 7. The van der Waals surface area contributed by atoms with Crippen LogP contribution in [-0.4, -0.2) is 88.1 Å². The fourth-order valence-electron chi connectivity index (χ4n) is 8.35. The first-order chi connectivity index (χ1) is 24.0. The van der Waals surface area contributed by atoms with Crippen molar-refractivity contribution in [2.75, 3.05) is 38.2 Å². The summed E-state index contributed by atoms with van der Waals surface area (Å²) in [6.07, 6.45) is 8.62. The van der Waals surface area contributed by atoms with Crippen LogP contribution in [-0.2, 0) is 9.59 Å². The summed E-state index contributed by atoms with van der Waals surface area (Å²) in [5, 5.41) is 1.26. The Morgan fingerprint density at radius 3 is 2.78 bits per heavy atom. The number of carbonyl (C=O) groups is 2. The van der Waals surface area contributed by atoms with Gasteiger partial charge in [0.05, 0.1) is 23.6 Å². The lowest BCUT2D eigenvalue weighted by Crippen LogP contribution is -2.43. The van der Waals surface area contributed by atoms with E-state index >= 15 is 4.39 Å². The molecule has 2 aromatic carbocycles. The summed E-state index contributed by atoms with van der Waals surface area (Å²) in [6.45, 7) is 8.38. The average molecular weight is 683 g/mol. The third-order valence-electron chi connectivity index (χ3n) is 11.0. The second kappa shape index (κ2) is 12.6. The molecule has 3 aliphatic rings. The van der Waals surface area contributed by atoms with Crippen molar-refractivity contribution in [1.82, 2.24) is 24.8 Å². The summed E-state index contributed by atoms with van der Waals surface area (Å²) in [6, 6.07) is 7.42. The second-order valence-corrected chi connectivity index (χ2v) is 13.7. The Kier molecular flexibility index (Phi) is 8.40. The van der Waals surface area contributed by atoms with Crippen LogP contribution in [0.3, 0.4) is 0 Å². The first-order valence-corrected chi connectivity index (χ1v) is 16.7. The van der Waals surface area contributed by atoms with Crippen LogP contribution in [0.5, 0.6) is 6.01 Å². The normalized spacial score (nSPS) is 24.4. The van der Waals surface area contributed by atoms with Gasteiger partial charge in [0.1, 0.15) is 29.0 Å². The van der Waals surface area contributed by atoms with Gasteiger partial charge < -0.3 is 19.4 Å². The summed E-state index contributed by atoms with van der Waals surface area (Å²) in [5.41, 5.74) is -0.508. The first kappa shape index (κ1) is 33.3. The minimum Gasteiger partial charge on any atom is -0.463 e. The van der Waals surface area contributed by atoms with Crippen LogP contribution < -0.4 is 9.64 Å². The Morgan fingerprint density at radius 1 is 1.24 bits per heavy atom. The van der Waals surface area contributed by atoms with E-state index in [1.807, 2.05) is 18.9 Å². The molecule has 2 saturated heterocycles. The molecule has 1 unspecified atom stereocenters. The molecule has 4 aromatic rings. The van der Waals surface area contributed by atoms with Gasteiger partial charge in [-0.3, -0.25) is 14.6 Å². The Balaban J connectivity index is 1.35. The Bertz CT molecular complexity index is 2100. The van der Waals surface area contributed by atoms with Gasteiger partial charge in [0, 0.05) is 62.2 Å². The van der Waals surface area contributed by atoms with Crippen molar-refractivity contribution in [3.05, 3.63) is 66.4 Å². The molecule has 3 fully saturated rings. The summed E-state index contributed by atoms with van der Waals surface area (Å²) in [4.78, 5) is 44.0. The molecule has 4 heterocycles. The largest absolute Gasteiger partial charge is 0.463 e. The van der Waals surface area contributed by atoms with Crippen LogP contribution in [0.4, 0.5) is 19.0 Å². The van der Waals surface area contributed by atoms with Gasteiger partial charge in [-0.25, -0.2) is 13.2 Å². The van der Waals surface area contributed by atoms with Crippen molar-refractivity contribution in [3.8, 4) is 29.6 Å². The van der Waals surface area contributed by atoms with Crippen molar-refractivity contribution >= 4 is 39.3 Å². The molecule has 0 spiro atoms. The number of likely N-dealkylation sites (tertiary alicyclic amines) is 2. The molecule has 9 nitrogen and oxygen atoms in total. The van der Waals surface area contributed by atoms with Gasteiger partial charge >= 0.3 is 6.01 Å². The van der Waals surface area contributed by atoms with E-state index in [4.69, 9.17) is 16.1 Å². The quantitative estimate of drug-likeness (QED) is 0.183. The number of likely N-dealkylation sites (N-methyl/N-ethyl adjacent to an activating group) is 1. The molecule has 0 radical (unpaired) electrons. The number of ether oxygens (including phenoxy) is 1. The fraction of sp³-hybridized carbons (Fsp3) is 0.395. The van der Waals surface area contributed by atoms with E-state index in [0.717, 1.165) is 0 Å². The average Bonchev–Trinajstić information content (AvgIpc) is 3.76. The van der Waals surface area contributed by atoms with Crippen LogP contribution in [0.25, 0.3) is 32.9 Å². The number of hydrogen-bond donors (Lipinski definition) is 0. The van der Waals surface area contributed by atoms with Crippen molar-refractivity contribution in [2.24, 2.45) is 11.3 Å². The zero-order valence-corrected chi connectivity index (χ0v) is 28.1. The zero-order chi connectivity index (χ0) is 35.5. The van der Waals surface area contributed by atoms with E-state index in [1.165, 1.54) is 25.3 Å². The number of amides is 2. The van der Waals surface area contributed by atoms with E-state index in [0.29, 0.717) is 60.0 Å². The molecule has 258 valence electrons. The lowest BCUT2D eigenvalue weighted by atomic mass is 9.81. The minimum atomic E-state index is -1.02. The van der Waals surface area contributed by atoms with Gasteiger partial charge in [-0.2, -0.15) is 9.97 Å². The molecule has 7 rings (SSSR count). The molecule has 2 aromatic heterocycles. The number of aromatic nitrogens is 3. The number of anilines is 1. The molecule has 1 aliphatic carbocycles. The molecule has 50 heavy (non-hydrogen) atoms. The van der Waals surface area contributed by atoms with Gasteiger partial charge in [0.15, 0.2) is 5.82 Å². The molecule has 1 saturated carbocycles. The van der Waals surface area contributed by atoms with Gasteiger partial charge in [-0.15, -0.1) is 6.42 Å². The standard InChI is InChI=1S/C38H37F3N6O3/c1-6-26-29(40)12-11-23-9-8-10-27(32(23)26)34-33(41)35-28(17-42-34)36(45(5)30-13-14-47(21(30)3)31(49)7-2)44-37(43-35)50-20-38-16-25(39)15-24(38)18-46(19-38)22(4)48/h1,7-12,17,21,24-25,30H,2,13-16,18-20H2,3-5H3/t21-,24?,25-,30-,38+/m1/s1. The Morgan fingerprint density at radius 2 is 2.04 bits per heavy atom. The van der Waals surface area contributed by atoms with Gasteiger partial charge in [0.25, 0.3) is 0 Å². The van der Waals surface area contributed by atoms with Gasteiger partial charge in [0.2, 0.25) is 11.8 Å². The maximum atomic E-state index is 16.9. The number of carbonyl (C=O) groups excluding carboxylic acids is 2. The number of fused-ring (bicyclic) bond motifs is 3. The fourth-order valence-corrected chi connectivity index (χ4v) is 8.35. The topological polar surface area (TPSA) is 91.8 Å². The van der Waals surface area contributed by atoms with E-state index in [2.05, 4.69) is 22.5 Å². The SMILES string of the molecule is C#Cc1c(F)ccc2cccc(-c3ncc4c(N(C)[C@@H]5CCN(C(=O)C=C)[C@@H]5C)nc(OC[C@@]56C[C@H](F)CC5CN(C(C)=O)C6)nc4c3F)c12. The summed E-state index contributed by atoms with van der Waals surface area (Å²) in [5.74, 6) is 0.976. The van der Waals surface area contributed by atoms with E-state index in [-0.39, 0.29) is 65.6 Å². The third kappa shape index (κ3) is 5.39. The van der Waals surface area contributed by atoms with E-state index in [1.54, 1.807) is 34.1 Å². The summed E-state index contributed by atoms with van der Waals surface area (Å²) < 4.78 is 52.8. The highest BCUT2D eigenvalue weighted by Crippen LogP contribution is 2.50. The highest BCUT2D eigenvalue weighted by atomic mass is 19.1. The second-order valence-electron chi connectivity index (χ2n) is 13.7. The molecule has 5 atom stereocenters.